The van der Waals surface area contributed by atoms with Gasteiger partial charge in [-0.25, -0.2) is 0 Å². The molecule has 1 aliphatic heterocycles. The van der Waals surface area contributed by atoms with Crippen LogP contribution in [0, 0.1) is 5.92 Å². The van der Waals surface area contributed by atoms with Gasteiger partial charge in [-0.05, 0) is 81.0 Å². The van der Waals surface area contributed by atoms with Crippen molar-refractivity contribution in [2.45, 2.75) is 38.2 Å². The second kappa shape index (κ2) is 8.65. The molecule has 1 unspecified atom stereocenters. The maximum Gasteiger partial charge on any atom is 0.255 e. The molecule has 1 atom stereocenters. The van der Waals surface area contributed by atoms with Gasteiger partial charge in [-0.2, -0.15) is 0 Å². The van der Waals surface area contributed by atoms with E-state index >= 15 is 0 Å². The van der Waals surface area contributed by atoms with E-state index in [4.69, 9.17) is 10.5 Å². The molecular formula is C23H29N3O2. The number of rotatable bonds is 6. The summed E-state index contributed by atoms with van der Waals surface area (Å²) in [6.07, 6.45) is 6.43. The average Bonchev–Trinajstić information content (AvgIpc) is 3.53. The van der Waals surface area contributed by atoms with Crippen LogP contribution >= 0.6 is 0 Å². The summed E-state index contributed by atoms with van der Waals surface area (Å²) in [6, 6.07) is 14.6. The molecule has 2 fully saturated rings. The zero-order valence-corrected chi connectivity index (χ0v) is 16.3. The molecule has 1 heterocycles. The number of hydrogen-bond donors (Lipinski definition) is 2. The van der Waals surface area contributed by atoms with Gasteiger partial charge < -0.3 is 20.7 Å². The van der Waals surface area contributed by atoms with Gasteiger partial charge in [0, 0.05) is 18.7 Å². The molecule has 5 nitrogen and oxygen atoms in total. The lowest BCUT2D eigenvalue weighted by Crippen LogP contribution is -2.28. The average molecular weight is 380 g/mol. The van der Waals surface area contributed by atoms with Crippen molar-refractivity contribution < 1.29 is 9.53 Å². The number of ether oxygens (including phenoxy) is 1. The third-order valence-corrected chi connectivity index (χ3v) is 5.61. The summed E-state index contributed by atoms with van der Waals surface area (Å²) in [6.45, 7) is 3.58. The lowest BCUT2D eigenvalue weighted by molar-refractivity contribution is 0.102. The number of carbonyl (C=O) groups is 1. The van der Waals surface area contributed by atoms with Gasteiger partial charge in [0.2, 0.25) is 0 Å². The van der Waals surface area contributed by atoms with Crippen LogP contribution in [0.4, 0.5) is 11.4 Å². The van der Waals surface area contributed by atoms with Gasteiger partial charge in [-0.1, -0.05) is 12.1 Å². The maximum atomic E-state index is 12.4. The molecule has 2 aliphatic rings. The van der Waals surface area contributed by atoms with Gasteiger partial charge >= 0.3 is 0 Å². The minimum absolute atomic E-state index is 0.172. The minimum Gasteiger partial charge on any atom is -0.490 e. The number of likely N-dealkylation sites (tertiary alicyclic amines) is 1. The molecular weight excluding hydrogens is 350 g/mol. The van der Waals surface area contributed by atoms with Gasteiger partial charge in [0.1, 0.15) is 5.75 Å². The molecule has 1 aliphatic carbocycles. The smallest absolute Gasteiger partial charge is 0.255 e. The Labute approximate surface area is 166 Å². The van der Waals surface area contributed by atoms with E-state index in [0.717, 1.165) is 31.1 Å². The summed E-state index contributed by atoms with van der Waals surface area (Å²) in [4.78, 5) is 15.0. The quantitative estimate of drug-likeness (QED) is 0.740. The first-order valence-corrected chi connectivity index (χ1v) is 10.3. The van der Waals surface area contributed by atoms with Crippen molar-refractivity contribution in [3.63, 3.8) is 0 Å². The van der Waals surface area contributed by atoms with Crippen molar-refractivity contribution in [3.8, 4) is 5.75 Å². The highest BCUT2D eigenvalue weighted by Crippen LogP contribution is 2.30. The molecule has 0 aromatic heterocycles. The number of nitrogens with one attached hydrogen (secondary N) is 1. The fourth-order valence-electron chi connectivity index (χ4n) is 3.77. The second-order valence-electron chi connectivity index (χ2n) is 7.98. The van der Waals surface area contributed by atoms with Crippen molar-refractivity contribution in [2.24, 2.45) is 5.92 Å². The predicted molar refractivity (Wildman–Crippen MR) is 113 cm³/mol. The van der Waals surface area contributed by atoms with Crippen molar-refractivity contribution in [1.82, 2.24) is 4.90 Å². The first-order chi connectivity index (χ1) is 13.7. The number of para-hydroxylation sites is 2. The molecule has 1 saturated carbocycles. The predicted octanol–water partition coefficient (Wildman–Crippen LogP) is 4.16. The Morgan fingerprint density at radius 2 is 1.82 bits per heavy atom. The van der Waals surface area contributed by atoms with E-state index < -0.39 is 0 Å². The molecule has 2 aromatic carbocycles. The van der Waals surface area contributed by atoms with Gasteiger partial charge in [-0.3, -0.25) is 4.79 Å². The first kappa shape index (κ1) is 18.8. The molecule has 3 N–H and O–H groups in total. The number of anilines is 2. The van der Waals surface area contributed by atoms with E-state index in [1.807, 2.05) is 24.3 Å². The molecule has 2 aromatic rings. The number of nitrogen functional groups attached to an aromatic ring is 1. The lowest BCUT2D eigenvalue weighted by Gasteiger charge is -2.20. The van der Waals surface area contributed by atoms with E-state index in [0.29, 0.717) is 16.9 Å². The van der Waals surface area contributed by atoms with Crippen molar-refractivity contribution in [3.05, 3.63) is 54.1 Å². The van der Waals surface area contributed by atoms with Crippen LogP contribution in [0.15, 0.2) is 48.5 Å². The molecule has 5 heteroatoms. The number of carbonyl (C=O) groups excluding carboxylic acids is 1. The third-order valence-electron chi connectivity index (χ3n) is 5.61. The van der Waals surface area contributed by atoms with Crippen LogP contribution in [0.1, 0.15) is 42.5 Å². The van der Waals surface area contributed by atoms with E-state index in [-0.39, 0.29) is 12.0 Å². The third kappa shape index (κ3) is 5.04. The zero-order valence-electron chi connectivity index (χ0n) is 16.3. The summed E-state index contributed by atoms with van der Waals surface area (Å²) in [5.41, 5.74) is 7.66. The van der Waals surface area contributed by atoms with Crippen molar-refractivity contribution in [2.75, 3.05) is 30.7 Å². The van der Waals surface area contributed by atoms with Crippen LogP contribution in [-0.4, -0.2) is 36.5 Å². The summed E-state index contributed by atoms with van der Waals surface area (Å²) in [7, 11) is 0. The second-order valence-corrected chi connectivity index (χ2v) is 7.98. The highest BCUT2D eigenvalue weighted by atomic mass is 16.5. The number of nitrogens with zero attached hydrogens (tertiary/aromatic N) is 1. The molecule has 4 rings (SSSR count). The normalized spacial score (nSPS) is 20.4. The van der Waals surface area contributed by atoms with Crippen LogP contribution in [-0.2, 0) is 0 Å². The summed E-state index contributed by atoms with van der Waals surface area (Å²) in [5, 5.41) is 2.85. The molecule has 1 saturated heterocycles. The number of hydrogen-bond acceptors (Lipinski definition) is 4. The summed E-state index contributed by atoms with van der Waals surface area (Å²) >= 11 is 0. The molecule has 0 spiro atoms. The maximum absolute atomic E-state index is 12.4. The molecule has 0 radical (unpaired) electrons. The molecule has 148 valence electrons. The Balaban J connectivity index is 1.30. The van der Waals surface area contributed by atoms with Crippen LogP contribution in [0.5, 0.6) is 5.75 Å². The van der Waals surface area contributed by atoms with Gasteiger partial charge in [0.25, 0.3) is 5.91 Å². The van der Waals surface area contributed by atoms with Crippen LogP contribution in [0.25, 0.3) is 0 Å². The molecule has 1 amide bonds. The van der Waals surface area contributed by atoms with Gasteiger partial charge in [0.05, 0.1) is 17.5 Å². The SMILES string of the molecule is Nc1ccccc1NC(=O)c1ccc(OC2CCCN(CC3CC3)CC2)cc1. The Hall–Kier alpha value is -2.53. The van der Waals surface area contributed by atoms with Gasteiger partial charge in [-0.15, -0.1) is 0 Å². The van der Waals surface area contributed by atoms with Crippen LogP contribution in [0.3, 0.4) is 0 Å². The fourth-order valence-corrected chi connectivity index (χ4v) is 3.77. The summed E-state index contributed by atoms with van der Waals surface area (Å²) < 4.78 is 6.20. The Morgan fingerprint density at radius 3 is 2.57 bits per heavy atom. The largest absolute Gasteiger partial charge is 0.490 e. The monoisotopic (exact) mass is 379 g/mol. The highest BCUT2D eigenvalue weighted by molar-refractivity contribution is 6.05. The topological polar surface area (TPSA) is 67.6 Å². The van der Waals surface area contributed by atoms with E-state index in [1.165, 1.54) is 32.4 Å². The van der Waals surface area contributed by atoms with E-state index in [9.17, 15) is 4.79 Å². The van der Waals surface area contributed by atoms with Crippen molar-refractivity contribution in [1.29, 1.82) is 0 Å². The minimum atomic E-state index is -0.172. The van der Waals surface area contributed by atoms with E-state index in [1.54, 1.807) is 24.3 Å². The number of amides is 1. The van der Waals surface area contributed by atoms with Crippen LogP contribution < -0.4 is 15.8 Å². The first-order valence-electron chi connectivity index (χ1n) is 10.3. The standard InChI is InChI=1S/C23H29N3O2/c24-21-5-1-2-6-22(21)25-23(27)18-9-11-20(12-10-18)28-19-4-3-14-26(15-13-19)16-17-7-8-17/h1-2,5-6,9-12,17,19H,3-4,7-8,13-16,24H2,(H,25,27). The highest BCUT2D eigenvalue weighted by Gasteiger charge is 2.26. The zero-order chi connectivity index (χ0) is 19.3. The van der Waals surface area contributed by atoms with Crippen molar-refractivity contribution >= 4 is 17.3 Å². The van der Waals surface area contributed by atoms with E-state index in [2.05, 4.69) is 10.2 Å². The Bertz CT molecular complexity index is 802. The summed E-state index contributed by atoms with van der Waals surface area (Å²) in [5.74, 6) is 1.61. The lowest BCUT2D eigenvalue weighted by atomic mass is 10.1. The number of nitrogens with two attached hydrogens (primary N) is 1. The number of benzene rings is 2. The van der Waals surface area contributed by atoms with Gasteiger partial charge in [0.15, 0.2) is 0 Å². The molecule has 0 bridgehead atoms. The fraction of sp³-hybridized carbons (Fsp3) is 0.435. The Kier molecular flexibility index (Phi) is 5.81. The van der Waals surface area contributed by atoms with Crippen LogP contribution in [0.2, 0.25) is 0 Å². The Morgan fingerprint density at radius 1 is 1.04 bits per heavy atom. The molecule has 28 heavy (non-hydrogen) atoms.